The van der Waals surface area contributed by atoms with Crippen molar-refractivity contribution in [2.45, 2.75) is 39.2 Å². The third-order valence-electron chi connectivity index (χ3n) is 2.73. The van der Waals surface area contributed by atoms with Gasteiger partial charge in [-0.05, 0) is 24.1 Å². The third-order valence-corrected chi connectivity index (χ3v) is 2.73. The lowest BCUT2D eigenvalue weighted by atomic mass is 10.0. The first kappa shape index (κ1) is 13.6. The van der Waals surface area contributed by atoms with Gasteiger partial charge in [0.1, 0.15) is 5.75 Å². The molecule has 0 fully saturated rings. The Morgan fingerprint density at radius 1 is 1.41 bits per heavy atom. The van der Waals surface area contributed by atoms with E-state index in [1.165, 1.54) is 0 Å². The van der Waals surface area contributed by atoms with E-state index < -0.39 is 0 Å². The number of hydrogen-bond acceptors (Lipinski definition) is 2. The normalized spacial score (nSPS) is 11.9. The van der Waals surface area contributed by atoms with E-state index in [9.17, 15) is 4.79 Å². The van der Waals surface area contributed by atoms with Crippen LogP contribution in [0.15, 0.2) is 24.3 Å². The minimum atomic E-state index is 0.0857. The van der Waals surface area contributed by atoms with Gasteiger partial charge in [0.15, 0.2) is 0 Å². The lowest BCUT2D eigenvalue weighted by Crippen LogP contribution is -2.27. The lowest BCUT2D eigenvalue weighted by Gasteiger charge is -2.18. The molecule has 17 heavy (non-hydrogen) atoms. The molecule has 0 bridgehead atoms. The molecule has 1 amide bonds. The van der Waals surface area contributed by atoms with Crippen LogP contribution in [0.1, 0.15) is 44.7 Å². The van der Waals surface area contributed by atoms with Gasteiger partial charge in [-0.2, -0.15) is 0 Å². The maximum absolute atomic E-state index is 11.5. The van der Waals surface area contributed by atoms with Crippen LogP contribution in [0.2, 0.25) is 0 Å². The molecule has 3 heteroatoms. The molecule has 0 saturated carbocycles. The molecular weight excluding hydrogens is 214 g/mol. The van der Waals surface area contributed by atoms with Gasteiger partial charge >= 0.3 is 0 Å². The van der Waals surface area contributed by atoms with Crippen LogP contribution in [-0.4, -0.2) is 13.0 Å². The smallest absolute Gasteiger partial charge is 0.220 e. The fraction of sp³-hybridized carbons (Fsp3) is 0.500. The van der Waals surface area contributed by atoms with Crippen molar-refractivity contribution in [1.82, 2.24) is 5.32 Å². The Bertz CT molecular complexity index is 363. The van der Waals surface area contributed by atoms with Gasteiger partial charge in [0.2, 0.25) is 5.91 Å². The highest BCUT2D eigenvalue weighted by Gasteiger charge is 2.13. The van der Waals surface area contributed by atoms with Crippen LogP contribution in [0.25, 0.3) is 0 Å². The zero-order chi connectivity index (χ0) is 12.7. The maximum Gasteiger partial charge on any atom is 0.220 e. The highest BCUT2D eigenvalue weighted by atomic mass is 16.5. The topological polar surface area (TPSA) is 38.3 Å². The number of amides is 1. The van der Waals surface area contributed by atoms with E-state index in [-0.39, 0.29) is 11.9 Å². The predicted octanol–water partition coefficient (Wildman–Crippen LogP) is 3.06. The number of carbonyl (C=O) groups is 1. The highest BCUT2D eigenvalue weighted by Crippen LogP contribution is 2.22. The second-order valence-corrected chi connectivity index (χ2v) is 4.04. The van der Waals surface area contributed by atoms with Gasteiger partial charge in [-0.15, -0.1) is 0 Å². The molecule has 1 unspecified atom stereocenters. The Morgan fingerprint density at radius 2 is 2.18 bits per heavy atom. The minimum absolute atomic E-state index is 0.0857. The van der Waals surface area contributed by atoms with Crippen molar-refractivity contribution in [2.24, 2.45) is 0 Å². The van der Waals surface area contributed by atoms with Crippen molar-refractivity contribution in [3.8, 4) is 5.75 Å². The Morgan fingerprint density at radius 3 is 2.76 bits per heavy atom. The molecular formula is C14H21NO2. The Balaban J connectivity index is 2.84. The van der Waals surface area contributed by atoms with Gasteiger partial charge in [-0.3, -0.25) is 4.79 Å². The molecule has 0 radical (unpaired) electrons. The average molecular weight is 235 g/mol. The molecule has 1 N–H and O–H groups in total. The van der Waals surface area contributed by atoms with Crippen LogP contribution in [0, 0.1) is 0 Å². The van der Waals surface area contributed by atoms with Crippen LogP contribution < -0.4 is 10.1 Å². The van der Waals surface area contributed by atoms with Crippen molar-refractivity contribution < 1.29 is 9.53 Å². The number of methoxy groups -OCH3 is 1. The van der Waals surface area contributed by atoms with E-state index in [1.54, 1.807) is 7.11 Å². The summed E-state index contributed by atoms with van der Waals surface area (Å²) < 4.78 is 5.20. The molecule has 94 valence electrons. The summed E-state index contributed by atoms with van der Waals surface area (Å²) in [5, 5.41) is 3.04. The quantitative estimate of drug-likeness (QED) is 0.823. The number of hydrogen-bond donors (Lipinski definition) is 1. The number of carbonyl (C=O) groups excluding carboxylic acids is 1. The van der Waals surface area contributed by atoms with Gasteiger partial charge < -0.3 is 10.1 Å². The molecule has 0 aliphatic rings. The average Bonchev–Trinajstić information content (AvgIpc) is 2.38. The maximum atomic E-state index is 11.5. The second-order valence-electron chi connectivity index (χ2n) is 4.04. The minimum Gasteiger partial charge on any atom is -0.497 e. The fourth-order valence-electron chi connectivity index (χ4n) is 1.77. The summed E-state index contributed by atoms with van der Waals surface area (Å²) >= 11 is 0. The summed E-state index contributed by atoms with van der Waals surface area (Å²) in [4.78, 5) is 11.5. The molecule has 0 aromatic heterocycles. The van der Waals surface area contributed by atoms with E-state index in [1.807, 2.05) is 31.2 Å². The van der Waals surface area contributed by atoms with E-state index >= 15 is 0 Å². The molecule has 1 aromatic carbocycles. The van der Waals surface area contributed by atoms with Gasteiger partial charge in [-0.25, -0.2) is 0 Å². The van der Waals surface area contributed by atoms with Gasteiger partial charge in [0.05, 0.1) is 13.2 Å². The van der Waals surface area contributed by atoms with Crippen LogP contribution in [0.3, 0.4) is 0 Å². The number of benzene rings is 1. The Kier molecular flexibility index (Phi) is 5.53. The van der Waals surface area contributed by atoms with Gasteiger partial charge in [0.25, 0.3) is 0 Å². The van der Waals surface area contributed by atoms with Crippen molar-refractivity contribution in [1.29, 1.82) is 0 Å². The molecule has 0 spiro atoms. The van der Waals surface area contributed by atoms with Gasteiger partial charge in [-0.1, -0.05) is 32.4 Å². The molecule has 3 nitrogen and oxygen atoms in total. The summed E-state index contributed by atoms with van der Waals surface area (Å²) in [7, 11) is 1.65. The first-order chi connectivity index (χ1) is 8.21. The van der Waals surface area contributed by atoms with Crippen LogP contribution in [-0.2, 0) is 4.79 Å². The predicted molar refractivity (Wildman–Crippen MR) is 69.1 cm³/mol. The van der Waals surface area contributed by atoms with Crippen molar-refractivity contribution in [3.05, 3.63) is 29.8 Å². The largest absolute Gasteiger partial charge is 0.497 e. The highest BCUT2D eigenvalue weighted by molar-refractivity contribution is 5.76. The van der Waals surface area contributed by atoms with Crippen LogP contribution in [0.4, 0.5) is 0 Å². The third kappa shape index (κ3) is 4.10. The van der Waals surface area contributed by atoms with Crippen LogP contribution >= 0.6 is 0 Å². The van der Waals surface area contributed by atoms with Crippen molar-refractivity contribution in [2.75, 3.05) is 7.11 Å². The molecule has 0 heterocycles. The van der Waals surface area contributed by atoms with Gasteiger partial charge in [0, 0.05) is 6.42 Å². The molecule has 0 aliphatic carbocycles. The molecule has 1 aromatic rings. The zero-order valence-electron chi connectivity index (χ0n) is 10.8. The molecule has 1 rings (SSSR count). The first-order valence-corrected chi connectivity index (χ1v) is 6.14. The summed E-state index contributed by atoms with van der Waals surface area (Å²) in [6.45, 7) is 3.98. The summed E-state index contributed by atoms with van der Waals surface area (Å²) in [5.41, 5.74) is 1.10. The molecule has 0 aliphatic heterocycles. The number of ether oxygens (including phenoxy) is 1. The monoisotopic (exact) mass is 235 g/mol. The second kappa shape index (κ2) is 6.94. The number of nitrogens with one attached hydrogen (secondary N) is 1. The number of rotatable bonds is 6. The fourth-order valence-corrected chi connectivity index (χ4v) is 1.77. The SMILES string of the molecule is CCCC(NC(=O)CC)c1cccc(OC)c1. The molecule has 1 atom stereocenters. The summed E-state index contributed by atoms with van der Waals surface area (Å²) in [6.07, 6.45) is 2.50. The standard InChI is InChI=1S/C14H21NO2/c1-4-7-13(15-14(16)5-2)11-8-6-9-12(10-11)17-3/h6,8-10,13H,4-5,7H2,1-3H3,(H,15,16). The van der Waals surface area contributed by atoms with E-state index in [0.29, 0.717) is 6.42 Å². The van der Waals surface area contributed by atoms with Crippen molar-refractivity contribution in [3.63, 3.8) is 0 Å². The van der Waals surface area contributed by atoms with E-state index in [4.69, 9.17) is 4.74 Å². The zero-order valence-corrected chi connectivity index (χ0v) is 10.8. The Labute approximate surface area is 103 Å². The first-order valence-electron chi connectivity index (χ1n) is 6.14. The summed E-state index contributed by atoms with van der Waals surface area (Å²) in [5.74, 6) is 0.917. The molecule has 0 saturated heterocycles. The summed E-state index contributed by atoms with van der Waals surface area (Å²) in [6, 6.07) is 7.96. The van der Waals surface area contributed by atoms with Crippen molar-refractivity contribution >= 4 is 5.91 Å². The Hall–Kier alpha value is -1.51. The van der Waals surface area contributed by atoms with Crippen LogP contribution in [0.5, 0.6) is 5.75 Å². The lowest BCUT2D eigenvalue weighted by molar-refractivity contribution is -0.121. The van der Waals surface area contributed by atoms with E-state index in [0.717, 1.165) is 24.2 Å². The van der Waals surface area contributed by atoms with E-state index in [2.05, 4.69) is 12.2 Å².